The summed E-state index contributed by atoms with van der Waals surface area (Å²) < 4.78 is 5.24. The van der Waals surface area contributed by atoms with Gasteiger partial charge in [0.1, 0.15) is 6.04 Å². The fourth-order valence-corrected chi connectivity index (χ4v) is 1.73. The molecule has 5 heteroatoms. The van der Waals surface area contributed by atoms with Crippen LogP contribution >= 0.6 is 0 Å². The van der Waals surface area contributed by atoms with E-state index >= 15 is 0 Å². The van der Waals surface area contributed by atoms with Crippen molar-refractivity contribution in [1.82, 2.24) is 15.6 Å². The largest absolute Gasteiger partial charge is 0.378 e. The van der Waals surface area contributed by atoms with Crippen molar-refractivity contribution in [2.75, 3.05) is 19.8 Å². The minimum atomic E-state index is -0.242. The summed E-state index contributed by atoms with van der Waals surface area (Å²) in [7, 11) is 0. The van der Waals surface area contributed by atoms with Crippen molar-refractivity contribution in [3.8, 4) is 0 Å². The van der Waals surface area contributed by atoms with E-state index in [0.717, 1.165) is 17.9 Å². The topological polar surface area (TPSA) is 63.2 Å². The van der Waals surface area contributed by atoms with Gasteiger partial charge >= 0.3 is 0 Å². The maximum Gasteiger partial charge on any atom is 0.239 e. The summed E-state index contributed by atoms with van der Waals surface area (Å²) >= 11 is 0. The van der Waals surface area contributed by atoms with E-state index in [4.69, 9.17) is 4.74 Å². The number of carbonyl (C=O) groups excluding carboxylic acids is 1. The molecule has 1 aromatic rings. The van der Waals surface area contributed by atoms with E-state index in [1.54, 1.807) is 0 Å². The van der Waals surface area contributed by atoms with Crippen molar-refractivity contribution < 1.29 is 9.53 Å². The lowest BCUT2D eigenvalue weighted by Gasteiger charge is -2.22. The zero-order valence-corrected chi connectivity index (χ0v) is 9.90. The SMILES string of the molecule is Cc1cccc(CNC(=O)C2COCCN2)n1. The second-order valence-electron chi connectivity index (χ2n) is 4.07. The zero-order chi connectivity index (χ0) is 12.1. The van der Waals surface area contributed by atoms with Crippen molar-refractivity contribution in [2.24, 2.45) is 0 Å². The Morgan fingerprint density at radius 3 is 3.24 bits per heavy atom. The molecule has 2 heterocycles. The van der Waals surface area contributed by atoms with Crippen LogP contribution in [-0.2, 0) is 16.1 Å². The summed E-state index contributed by atoms with van der Waals surface area (Å²) in [6, 6.07) is 5.53. The van der Waals surface area contributed by atoms with Crippen molar-refractivity contribution in [2.45, 2.75) is 19.5 Å². The number of carbonyl (C=O) groups is 1. The molecule has 1 aliphatic rings. The van der Waals surface area contributed by atoms with Gasteiger partial charge in [0.25, 0.3) is 0 Å². The standard InChI is InChI=1S/C12H17N3O2/c1-9-3-2-4-10(15-9)7-14-12(16)11-8-17-6-5-13-11/h2-4,11,13H,5-8H2,1H3,(H,14,16). The van der Waals surface area contributed by atoms with Crippen LogP contribution in [0.5, 0.6) is 0 Å². The molecule has 0 saturated carbocycles. The van der Waals surface area contributed by atoms with E-state index < -0.39 is 0 Å². The van der Waals surface area contributed by atoms with Gasteiger partial charge in [-0.15, -0.1) is 0 Å². The minimum Gasteiger partial charge on any atom is -0.378 e. The molecule has 2 rings (SSSR count). The van der Waals surface area contributed by atoms with Gasteiger partial charge in [0.05, 0.1) is 25.5 Å². The predicted molar refractivity (Wildman–Crippen MR) is 63.4 cm³/mol. The number of rotatable bonds is 3. The number of nitrogens with zero attached hydrogens (tertiary/aromatic N) is 1. The number of amides is 1. The van der Waals surface area contributed by atoms with Crippen LogP contribution in [-0.4, -0.2) is 36.7 Å². The van der Waals surface area contributed by atoms with E-state index in [1.807, 2.05) is 25.1 Å². The normalized spacial score (nSPS) is 19.9. The van der Waals surface area contributed by atoms with Crippen LogP contribution < -0.4 is 10.6 Å². The molecule has 0 aromatic carbocycles. The summed E-state index contributed by atoms with van der Waals surface area (Å²) in [6.45, 7) is 4.22. The second kappa shape index (κ2) is 5.75. The summed E-state index contributed by atoms with van der Waals surface area (Å²) in [6.07, 6.45) is 0. The fraction of sp³-hybridized carbons (Fsp3) is 0.500. The molecule has 0 aliphatic carbocycles. The first-order chi connectivity index (χ1) is 8.25. The van der Waals surface area contributed by atoms with Crippen molar-refractivity contribution in [3.63, 3.8) is 0 Å². The number of aromatic nitrogens is 1. The molecular formula is C12H17N3O2. The molecule has 0 bridgehead atoms. The van der Waals surface area contributed by atoms with Crippen LogP contribution in [0, 0.1) is 6.92 Å². The Morgan fingerprint density at radius 2 is 2.53 bits per heavy atom. The van der Waals surface area contributed by atoms with E-state index in [-0.39, 0.29) is 11.9 Å². The fourth-order valence-electron chi connectivity index (χ4n) is 1.73. The van der Waals surface area contributed by atoms with Gasteiger partial charge in [-0.2, -0.15) is 0 Å². The molecular weight excluding hydrogens is 218 g/mol. The van der Waals surface area contributed by atoms with E-state index in [2.05, 4.69) is 15.6 Å². The monoisotopic (exact) mass is 235 g/mol. The lowest BCUT2D eigenvalue weighted by molar-refractivity contribution is -0.126. The van der Waals surface area contributed by atoms with Crippen LogP contribution in [0.1, 0.15) is 11.4 Å². The molecule has 17 heavy (non-hydrogen) atoms. The quantitative estimate of drug-likeness (QED) is 0.774. The lowest BCUT2D eigenvalue weighted by Crippen LogP contribution is -2.51. The molecule has 1 saturated heterocycles. The molecule has 2 N–H and O–H groups in total. The van der Waals surface area contributed by atoms with E-state index in [1.165, 1.54) is 0 Å². The highest BCUT2D eigenvalue weighted by Crippen LogP contribution is 1.98. The third-order valence-electron chi connectivity index (χ3n) is 2.63. The Balaban J connectivity index is 1.83. The summed E-state index contributed by atoms with van der Waals surface area (Å²) in [5.41, 5.74) is 1.82. The molecule has 5 nitrogen and oxygen atoms in total. The molecule has 1 atom stereocenters. The maximum absolute atomic E-state index is 11.8. The van der Waals surface area contributed by atoms with E-state index in [0.29, 0.717) is 19.8 Å². The van der Waals surface area contributed by atoms with Crippen LogP contribution in [0.4, 0.5) is 0 Å². The minimum absolute atomic E-state index is 0.0343. The van der Waals surface area contributed by atoms with Gasteiger partial charge in [0.2, 0.25) is 5.91 Å². The zero-order valence-electron chi connectivity index (χ0n) is 9.90. The molecule has 1 fully saturated rings. The predicted octanol–water partition coefficient (Wildman–Crippen LogP) is -0.00538. The van der Waals surface area contributed by atoms with Crippen molar-refractivity contribution in [3.05, 3.63) is 29.6 Å². The number of ether oxygens (including phenoxy) is 1. The Kier molecular flexibility index (Phi) is 4.06. The van der Waals surface area contributed by atoms with Gasteiger partial charge in [0.15, 0.2) is 0 Å². The first-order valence-corrected chi connectivity index (χ1v) is 5.77. The molecule has 1 unspecified atom stereocenters. The molecule has 1 amide bonds. The van der Waals surface area contributed by atoms with Gasteiger partial charge in [-0.3, -0.25) is 9.78 Å². The highest BCUT2D eigenvalue weighted by atomic mass is 16.5. The first-order valence-electron chi connectivity index (χ1n) is 5.77. The van der Waals surface area contributed by atoms with Gasteiger partial charge in [-0.05, 0) is 19.1 Å². The smallest absolute Gasteiger partial charge is 0.239 e. The first kappa shape index (κ1) is 12.0. The summed E-state index contributed by atoms with van der Waals surface area (Å²) in [5, 5.41) is 5.96. The third-order valence-corrected chi connectivity index (χ3v) is 2.63. The Morgan fingerprint density at radius 1 is 1.65 bits per heavy atom. The third kappa shape index (κ3) is 3.51. The number of pyridine rings is 1. The van der Waals surface area contributed by atoms with E-state index in [9.17, 15) is 4.79 Å². The molecule has 0 radical (unpaired) electrons. The highest BCUT2D eigenvalue weighted by Gasteiger charge is 2.20. The van der Waals surface area contributed by atoms with Crippen LogP contribution in [0.25, 0.3) is 0 Å². The maximum atomic E-state index is 11.8. The van der Waals surface area contributed by atoms with Crippen molar-refractivity contribution in [1.29, 1.82) is 0 Å². The van der Waals surface area contributed by atoms with Crippen molar-refractivity contribution >= 4 is 5.91 Å². The van der Waals surface area contributed by atoms with Crippen LogP contribution in [0.2, 0.25) is 0 Å². The Bertz CT molecular complexity index is 389. The van der Waals surface area contributed by atoms with Gasteiger partial charge in [-0.1, -0.05) is 6.07 Å². The average molecular weight is 235 g/mol. The number of hydrogen-bond donors (Lipinski definition) is 2. The molecule has 92 valence electrons. The summed E-state index contributed by atoms with van der Waals surface area (Å²) in [5.74, 6) is -0.0343. The number of aryl methyl sites for hydroxylation is 1. The van der Waals surface area contributed by atoms with Gasteiger partial charge < -0.3 is 15.4 Å². The summed E-state index contributed by atoms with van der Waals surface area (Å²) in [4.78, 5) is 16.1. The van der Waals surface area contributed by atoms with Crippen LogP contribution in [0.3, 0.4) is 0 Å². The average Bonchev–Trinajstić information content (AvgIpc) is 2.37. The molecule has 1 aromatic heterocycles. The molecule has 0 spiro atoms. The lowest BCUT2D eigenvalue weighted by atomic mass is 10.2. The second-order valence-corrected chi connectivity index (χ2v) is 4.07. The Hall–Kier alpha value is -1.46. The number of nitrogens with one attached hydrogen (secondary N) is 2. The highest BCUT2D eigenvalue weighted by molar-refractivity contribution is 5.81. The van der Waals surface area contributed by atoms with Crippen LogP contribution in [0.15, 0.2) is 18.2 Å². The van der Waals surface area contributed by atoms with Gasteiger partial charge in [0, 0.05) is 12.2 Å². The number of hydrogen-bond acceptors (Lipinski definition) is 4. The van der Waals surface area contributed by atoms with Gasteiger partial charge in [-0.25, -0.2) is 0 Å². The Labute approximate surface area is 101 Å². The number of morpholine rings is 1. The molecule has 1 aliphatic heterocycles.